The highest BCUT2D eigenvalue weighted by molar-refractivity contribution is 7.88. The quantitative estimate of drug-likeness (QED) is 0.843. The molecule has 6 nitrogen and oxygen atoms in total. The van der Waals surface area contributed by atoms with Gasteiger partial charge in [0.05, 0.1) is 6.10 Å². The summed E-state index contributed by atoms with van der Waals surface area (Å²) in [5, 5.41) is 13.4. The van der Waals surface area contributed by atoms with Gasteiger partial charge in [-0.05, 0) is 19.8 Å². The van der Waals surface area contributed by atoms with Crippen molar-refractivity contribution in [2.24, 2.45) is 0 Å². The fourth-order valence-electron chi connectivity index (χ4n) is 2.20. The van der Waals surface area contributed by atoms with E-state index in [1.807, 2.05) is 0 Å². The topological polar surface area (TPSA) is 92.4 Å². The minimum Gasteiger partial charge on any atom is -0.391 e. The molecule has 0 bridgehead atoms. The third kappa shape index (κ3) is 3.54. The molecule has 0 amide bonds. The average Bonchev–Trinajstić information content (AvgIpc) is 2.66. The SMILES string of the molecule is Cc1cc(CS(=O)(=O)N[C@@H]2CCCC[C@H]2O)no1. The molecule has 18 heavy (non-hydrogen) atoms. The van der Waals surface area contributed by atoms with Gasteiger partial charge in [-0.1, -0.05) is 18.0 Å². The van der Waals surface area contributed by atoms with Gasteiger partial charge in [-0.2, -0.15) is 0 Å². The van der Waals surface area contributed by atoms with Gasteiger partial charge in [0, 0.05) is 12.1 Å². The maximum atomic E-state index is 11.9. The summed E-state index contributed by atoms with van der Waals surface area (Å²) in [5.41, 5.74) is 0.380. The number of nitrogens with zero attached hydrogens (tertiary/aromatic N) is 1. The van der Waals surface area contributed by atoms with Crippen LogP contribution in [0.4, 0.5) is 0 Å². The van der Waals surface area contributed by atoms with Crippen LogP contribution in [0.5, 0.6) is 0 Å². The van der Waals surface area contributed by atoms with E-state index in [2.05, 4.69) is 9.88 Å². The molecule has 2 N–H and O–H groups in total. The Morgan fingerprint density at radius 1 is 1.50 bits per heavy atom. The Morgan fingerprint density at radius 3 is 2.83 bits per heavy atom. The lowest BCUT2D eigenvalue weighted by atomic mass is 9.93. The van der Waals surface area contributed by atoms with Crippen molar-refractivity contribution in [1.82, 2.24) is 9.88 Å². The van der Waals surface area contributed by atoms with Crippen LogP contribution in [0, 0.1) is 6.92 Å². The molecule has 0 spiro atoms. The van der Waals surface area contributed by atoms with Crippen LogP contribution in [0.1, 0.15) is 37.1 Å². The molecule has 1 aliphatic carbocycles. The molecule has 1 aliphatic rings. The predicted molar refractivity (Wildman–Crippen MR) is 65.3 cm³/mol. The Hall–Kier alpha value is -0.920. The molecule has 1 fully saturated rings. The van der Waals surface area contributed by atoms with Crippen LogP contribution in [-0.2, 0) is 15.8 Å². The molecule has 0 unspecified atom stereocenters. The Kier molecular flexibility index (Phi) is 4.04. The molecular formula is C11H18N2O4S. The van der Waals surface area contributed by atoms with E-state index in [-0.39, 0.29) is 11.8 Å². The number of hydrogen-bond acceptors (Lipinski definition) is 5. The summed E-state index contributed by atoms with van der Waals surface area (Å²) in [7, 11) is -3.49. The van der Waals surface area contributed by atoms with Crippen molar-refractivity contribution in [1.29, 1.82) is 0 Å². The van der Waals surface area contributed by atoms with E-state index in [9.17, 15) is 13.5 Å². The number of aliphatic hydroxyl groups excluding tert-OH is 1. The van der Waals surface area contributed by atoms with E-state index < -0.39 is 16.1 Å². The molecule has 1 heterocycles. The van der Waals surface area contributed by atoms with E-state index in [0.29, 0.717) is 24.3 Å². The van der Waals surface area contributed by atoms with Crippen LogP contribution in [-0.4, -0.2) is 30.8 Å². The summed E-state index contributed by atoms with van der Waals surface area (Å²) in [6.45, 7) is 1.71. The first kappa shape index (κ1) is 13.5. The molecule has 1 saturated carbocycles. The molecule has 2 rings (SSSR count). The molecule has 102 valence electrons. The van der Waals surface area contributed by atoms with Crippen molar-refractivity contribution in [2.75, 3.05) is 0 Å². The van der Waals surface area contributed by atoms with Gasteiger partial charge in [-0.25, -0.2) is 13.1 Å². The second-order valence-electron chi connectivity index (χ2n) is 4.76. The van der Waals surface area contributed by atoms with Gasteiger partial charge in [0.2, 0.25) is 10.0 Å². The number of rotatable bonds is 4. The Morgan fingerprint density at radius 2 is 2.22 bits per heavy atom. The third-order valence-corrected chi connectivity index (χ3v) is 4.41. The zero-order valence-corrected chi connectivity index (χ0v) is 11.1. The van der Waals surface area contributed by atoms with Crippen molar-refractivity contribution in [2.45, 2.75) is 50.5 Å². The van der Waals surface area contributed by atoms with Crippen LogP contribution in [0.3, 0.4) is 0 Å². The Labute approximate surface area is 106 Å². The third-order valence-electron chi connectivity index (χ3n) is 3.08. The fraction of sp³-hybridized carbons (Fsp3) is 0.727. The molecular weight excluding hydrogens is 256 g/mol. The van der Waals surface area contributed by atoms with Crippen molar-refractivity contribution in [3.8, 4) is 0 Å². The molecule has 0 radical (unpaired) electrons. The summed E-state index contributed by atoms with van der Waals surface area (Å²) < 4.78 is 31.2. The predicted octanol–water partition coefficient (Wildman–Crippen LogP) is 0.706. The summed E-state index contributed by atoms with van der Waals surface area (Å²) in [5.74, 6) is 0.367. The van der Waals surface area contributed by atoms with Crippen molar-refractivity contribution in [3.05, 3.63) is 17.5 Å². The minimum atomic E-state index is -3.49. The van der Waals surface area contributed by atoms with Gasteiger partial charge in [-0.3, -0.25) is 0 Å². The molecule has 0 saturated heterocycles. The number of aromatic nitrogens is 1. The van der Waals surface area contributed by atoms with E-state index in [1.54, 1.807) is 13.0 Å². The first-order chi connectivity index (χ1) is 8.46. The average molecular weight is 274 g/mol. The lowest BCUT2D eigenvalue weighted by Gasteiger charge is -2.27. The standard InChI is InChI=1S/C11H18N2O4S/c1-8-6-9(12-17-8)7-18(15,16)13-10-4-2-3-5-11(10)14/h6,10-11,13-14H,2-5,7H2,1H3/t10-,11-/m1/s1. The maximum Gasteiger partial charge on any atom is 0.217 e. The number of nitrogens with one attached hydrogen (secondary N) is 1. The van der Waals surface area contributed by atoms with Gasteiger partial charge in [0.15, 0.2) is 0 Å². The van der Waals surface area contributed by atoms with Gasteiger partial charge in [-0.15, -0.1) is 0 Å². The first-order valence-electron chi connectivity index (χ1n) is 6.06. The molecule has 0 aliphatic heterocycles. The van der Waals surface area contributed by atoms with E-state index in [1.165, 1.54) is 0 Å². The molecule has 0 aromatic carbocycles. The number of aryl methyl sites for hydroxylation is 1. The molecule has 2 atom stereocenters. The highest BCUT2D eigenvalue weighted by Gasteiger charge is 2.27. The smallest absolute Gasteiger partial charge is 0.217 e. The lowest BCUT2D eigenvalue weighted by Crippen LogP contribution is -2.45. The van der Waals surface area contributed by atoms with Crippen LogP contribution < -0.4 is 4.72 Å². The van der Waals surface area contributed by atoms with Gasteiger partial charge < -0.3 is 9.63 Å². The zero-order chi connectivity index (χ0) is 13.2. The van der Waals surface area contributed by atoms with Gasteiger partial charge >= 0.3 is 0 Å². The van der Waals surface area contributed by atoms with Crippen LogP contribution in [0.15, 0.2) is 10.6 Å². The zero-order valence-electron chi connectivity index (χ0n) is 10.3. The van der Waals surface area contributed by atoms with E-state index in [4.69, 9.17) is 4.52 Å². The highest BCUT2D eigenvalue weighted by atomic mass is 32.2. The second kappa shape index (κ2) is 5.38. The van der Waals surface area contributed by atoms with E-state index >= 15 is 0 Å². The largest absolute Gasteiger partial charge is 0.391 e. The van der Waals surface area contributed by atoms with Gasteiger partial charge in [0.25, 0.3) is 0 Å². The first-order valence-corrected chi connectivity index (χ1v) is 7.72. The van der Waals surface area contributed by atoms with Crippen molar-refractivity contribution < 1.29 is 18.0 Å². The van der Waals surface area contributed by atoms with Gasteiger partial charge in [0.1, 0.15) is 17.2 Å². The minimum absolute atomic E-state index is 0.215. The summed E-state index contributed by atoms with van der Waals surface area (Å²) in [6.07, 6.45) is 2.62. The normalized spacial score (nSPS) is 25.2. The maximum absolute atomic E-state index is 11.9. The molecule has 1 aromatic rings. The fourth-order valence-corrected chi connectivity index (χ4v) is 3.55. The van der Waals surface area contributed by atoms with Crippen LogP contribution in [0.2, 0.25) is 0 Å². The summed E-state index contributed by atoms with van der Waals surface area (Å²) in [4.78, 5) is 0. The molecule has 1 aromatic heterocycles. The number of hydrogen-bond donors (Lipinski definition) is 2. The van der Waals surface area contributed by atoms with Crippen molar-refractivity contribution >= 4 is 10.0 Å². The monoisotopic (exact) mass is 274 g/mol. The Balaban J connectivity index is 1.98. The summed E-state index contributed by atoms with van der Waals surface area (Å²) >= 11 is 0. The molecule has 7 heteroatoms. The second-order valence-corrected chi connectivity index (χ2v) is 6.52. The highest BCUT2D eigenvalue weighted by Crippen LogP contribution is 2.19. The van der Waals surface area contributed by atoms with Crippen LogP contribution >= 0.6 is 0 Å². The number of aliphatic hydroxyl groups is 1. The van der Waals surface area contributed by atoms with Crippen LogP contribution in [0.25, 0.3) is 0 Å². The Bertz CT molecular complexity index is 497. The van der Waals surface area contributed by atoms with E-state index in [0.717, 1.165) is 12.8 Å². The van der Waals surface area contributed by atoms with Crippen molar-refractivity contribution in [3.63, 3.8) is 0 Å². The summed E-state index contributed by atoms with van der Waals surface area (Å²) in [6, 6.07) is 1.22. The lowest BCUT2D eigenvalue weighted by molar-refractivity contribution is 0.101. The number of sulfonamides is 1.